The minimum atomic E-state index is -1.94. The van der Waals surface area contributed by atoms with Crippen molar-refractivity contribution >= 4 is 11.0 Å². The lowest BCUT2D eigenvalue weighted by Gasteiger charge is -2.41. The van der Waals surface area contributed by atoms with E-state index in [1.165, 1.54) is 24.3 Å². The molecule has 2 aliphatic heterocycles. The number of rotatable bonds is 7. The van der Waals surface area contributed by atoms with Crippen LogP contribution in [0.1, 0.15) is 0 Å². The smallest absolute Gasteiger partial charge is 0.229 e. The van der Waals surface area contributed by atoms with Crippen molar-refractivity contribution in [3.8, 4) is 34.3 Å². The molecule has 2 aromatic carbocycles. The molecule has 3 heterocycles. The molecule has 10 N–H and O–H groups in total. The summed E-state index contributed by atoms with van der Waals surface area (Å²) in [5.41, 5.74) is -0.692. The molecule has 5 rings (SSSR count). The first-order chi connectivity index (χ1) is 20.4. The number of aromatic hydroxyl groups is 2. The number of phenolic OH excluding ortho intramolecular Hbond substituents is 2. The van der Waals surface area contributed by atoms with Gasteiger partial charge in [-0.15, -0.1) is 0 Å². The van der Waals surface area contributed by atoms with E-state index in [-0.39, 0.29) is 17.1 Å². The lowest BCUT2D eigenvalue weighted by Crippen LogP contribution is -2.60. The number of phenols is 2. The topological polar surface area (TPSA) is 269 Å². The average molecular weight is 611 g/mol. The Balaban J connectivity index is 1.62. The molecule has 16 heteroatoms. The van der Waals surface area contributed by atoms with E-state index in [0.717, 1.165) is 12.1 Å². The Kier molecular flexibility index (Phi) is 8.77. The van der Waals surface area contributed by atoms with E-state index >= 15 is 0 Å². The predicted molar refractivity (Wildman–Crippen MR) is 140 cm³/mol. The van der Waals surface area contributed by atoms with Crippen molar-refractivity contribution < 1.29 is 74.4 Å². The summed E-state index contributed by atoms with van der Waals surface area (Å²) >= 11 is 0. The first-order valence-electron chi connectivity index (χ1n) is 13.0. The molecule has 10 atom stereocenters. The Morgan fingerprint density at radius 1 is 0.698 bits per heavy atom. The molecule has 0 unspecified atom stereocenters. The summed E-state index contributed by atoms with van der Waals surface area (Å²) < 4.78 is 27.8. The summed E-state index contributed by atoms with van der Waals surface area (Å²) in [6.45, 7) is -1.58. The summed E-state index contributed by atoms with van der Waals surface area (Å²) in [6.07, 6.45) is -17.5. The van der Waals surface area contributed by atoms with Gasteiger partial charge in [-0.2, -0.15) is 0 Å². The zero-order valence-corrected chi connectivity index (χ0v) is 22.1. The molecular formula is C27H30O16. The number of hydrogen-bond donors (Lipinski definition) is 10. The number of hydrogen-bond acceptors (Lipinski definition) is 16. The fourth-order valence-electron chi connectivity index (χ4n) is 4.80. The monoisotopic (exact) mass is 610 g/mol. The van der Waals surface area contributed by atoms with Crippen LogP contribution in [0.25, 0.3) is 22.3 Å². The maximum Gasteiger partial charge on any atom is 0.229 e. The first-order valence-corrected chi connectivity index (χ1v) is 13.0. The highest BCUT2D eigenvalue weighted by Gasteiger charge is 2.47. The van der Waals surface area contributed by atoms with Gasteiger partial charge in [-0.05, 0) is 24.3 Å². The van der Waals surface area contributed by atoms with E-state index in [9.17, 15) is 55.9 Å². The van der Waals surface area contributed by atoms with Gasteiger partial charge in [-0.3, -0.25) is 4.79 Å². The van der Waals surface area contributed by atoms with Crippen LogP contribution < -0.4 is 14.9 Å². The van der Waals surface area contributed by atoms with Gasteiger partial charge in [0.1, 0.15) is 71.3 Å². The summed E-state index contributed by atoms with van der Waals surface area (Å²) in [4.78, 5) is 13.2. The lowest BCUT2D eigenvalue weighted by atomic mass is 9.99. The van der Waals surface area contributed by atoms with Crippen LogP contribution in [0.3, 0.4) is 0 Å². The average Bonchev–Trinajstić information content (AvgIpc) is 2.99. The second-order valence-electron chi connectivity index (χ2n) is 10.1. The maximum absolute atomic E-state index is 13.2. The van der Waals surface area contributed by atoms with Crippen molar-refractivity contribution in [3.63, 3.8) is 0 Å². The van der Waals surface area contributed by atoms with E-state index in [2.05, 4.69) is 0 Å². The molecule has 0 spiro atoms. The van der Waals surface area contributed by atoms with Crippen LogP contribution in [0.15, 0.2) is 45.6 Å². The van der Waals surface area contributed by atoms with Crippen LogP contribution in [0.5, 0.6) is 23.0 Å². The van der Waals surface area contributed by atoms with Crippen molar-refractivity contribution in [2.45, 2.75) is 61.4 Å². The highest BCUT2D eigenvalue weighted by molar-refractivity contribution is 5.89. The molecule has 2 saturated heterocycles. The van der Waals surface area contributed by atoms with E-state index in [4.69, 9.17) is 23.4 Å². The molecule has 0 amide bonds. The van der Waals surface area contributed by atoms with Crippen LogP contribution in [-0.2, 0) is 9.47 Å². The van der Waals surface area contributed by atoms with E-state index in [1.54, 1.807) is 0 Å². The number of aliphatic hydroxyl groups excluding tert-OH is 8. The Morgan fingerprint density at radius 2 is 1.23 bits per heavy atom. The third-order valence-electron chi connectivity index (χ3n) is 7.24. The second-order valence-corrected chi connectivity index (χ2v) is 10.1. The molecule has 2 aliphatic rings. The maximum atomic E-state index is 13.2. The van der Waals surface area contributed by atoms with Crippen LogP contribution in [0, 0.1) is 0 Å². The van der Waals surface area contributed by atoms with Crippen LogP contribution in [-0.4, -0.2) is 126 Å². The van der Waals surface area contributed by atoms with Crippen LogP contribution >= 0.6 is 0 Å². The van der Waals surface area contributed by atoms with Crippen molar-refractivity contribution in [1.29, 1.82) is 0 Å². The Bertz CT molecular complexity index is 1490. The van der Waals surface area contributed by atoms with E-state index in [0.29, 0.717) is 5.56 Å². The minimum absolute atomic E-state index is 0.0123. The Hall–Kier alpha value is -3.55. The van der Waals surface area contributed by atoms with Gasteiger partial charge < -0.3 is 74.4 Å². The highest BCUT2D eigenvalue weighted by atomic mass is 16.7. The van der Waals surface area contributed by atoms with Crippen LogP contribution in [0.2, 0.25) is 0 Å². The molecule has 1 aromatic heterocycles. The highest BCUT2D eigenvalue weighted by Crippen LogP contribution is 2.45. The molecule has 3 aromatic rings. The summed E-state index contributed by atoms with van der Waals surface area (Å²) in [6, 6.07) is 7.71. The molecule has 0 radical (unpaired) electrons. The number of aliphatic hydroxyl groups is 8. The minimum Gasteiger partial charge on any atom is -0.508 e. The van der Waals surface area contributed by atoms with Gasteiger partial charge in [0.25, 0.3) is 0 Å². The van der Waals surface area contributed by atoms with Crippen molar-refractivity contribution in [2.75, 3.05) is 13.2 Å². The fourth-order valence-corrected chi connectivity index (χ4v) is 4.80. The second kappa shape index (κ2) is 12.2. The zero-order chi connectivity index (χ0) is 31.2. The summed E-state index contributed by atoms with van der Waals surface area (Å²) in [5.74, 6) is -2.19. The van der Waals surface area contributed by atoms with E-state index in [1.807, 2.05) is 0 Å². The molecule has 16 nitrogen and oxygen atoms in total. The van der Waals surface area contributed by atoms with Gasteiger partial charge in [0.05, 0.1) is 13.2 Å². The van der Waals surface area contributed by atoms with Gasteiger partial charge in [0, 0.05) is 17.7 Å². The van der Waals surface area contributed by atoms with Gasteiger partial charge in [0.2, 0.25) is 18.3 Å². The molecule has 234 valence electrons. The molecule has 0 bridgehead atoms. The third-order valence-corrected chi connectivity index (χ3v) is 7.24. The predicted octanol–water partition coefficient (Wildman–Crippen LogP) is -2.77. The third kappa shape index (κ3) is 5.73. The fraction of sp³-hybridized carbons (Fsp3) is 0.444. The Morgan fingerprint density at radius 3 is 1.77 bits per heavy atom. The van der Waals surface area contributed by atoms with Gasteiger partial charge >= 0.3 is 0 Å². The standard InChI is InChI=1S/C27H30O16/c28-7-15-18(32)21(35)23(37)26(41-15)40-14-6-13-17(11(31)5-12(39-13)9-1-3-10(30)4-2-9)20(34)25(14)43-27-24(38)22(36)19(33)16(8-29)42-27/h1-6,15-16,18-19,21-24,26-30,32-38H,7-8H2/t15-,16-,18+,19+,21+,22+,23+,24+,26+,27-/m0/s1. The van der Waals surface area contributed by atoms with Crippen LogP contribution in [0.4, 0.5) is 0 Å². The first kappa shape index (κ1) is 30.9. The van der Waals surface area contributed by atoms with Crippen molar-refractivity contribution in [1.82, 2.24) is 0 Å². The number of benzene rings is 2. The molecule has 0 saturated carbocycles. The zero-order valence-electron chi connectivity index (χ0n) is 22.1. The van der Waals surface area contributed by atoms with Gasteiger partial charge in [0.15, 0.2) is 16.9 Å². The van der Waals surface area contributed by atoms with Gasteiger partial charge in [-0.1, -0.05) is 0 Å². The number of fused-ring (bicyclic) bond motifs is 1. The van der Waals surface area contributed by atoms with E-state index < -0.39 is 103 Å². The van der Waals surface area contributed by atoms with Crippen molar-refractivity contribution in [2.24, 2.45) is 0 Å². The van der Waals surface area contributed by atoms with Gasteiger partial charge in [-0.25, -0.2) is 0 Å². The SMILES string of the molecule is O=c1cc(-c2ccc(O)cc2)oc2cc(O[C@@H]3O[C@@H](CO)[C@@H](O)[C@@H](O)[C@H]3O)c(O[C@@H]3O[C@@H](CO)[C@@H](O)[C@@H](O)[C@H]3O)c(O)c12. The lowest BCUT2D eigenvalue weighted by molar-refractivity contribution is -0.282. The van der Waals surface area contributed by atoms with Crippen molar-refractivity contribution in [3.05, 3.63) is 46.6 Å². The molecule has 0 aliphatic carbocycles. The summed E-state index contributed by atoms with van der Waals surface area (Å²) in [5, 5.41) is 101. The summed E-state index contributed by atoms with van der Waals surface area (Å²) in [7, 11) is 0. The quantitative estimate of drug-likeness (QED) is 0.130. The molecule has 2 fully saturated rings. The number of ether oxygens (including phenoxy) is 4. The Labute approximate surface area is 241 Å². The molecule has 43 heavy (non-hydrogen) atoms. The largest absolute Gasteiger partial charge is 0.508 e. The normalized spacial score (nSPS) is 32.9. The molecular weight excluding hydrogens is 580 g/mol.